The summed E-state index contributed by atoms with van der Waals surface area (Å²) >= 11 is 0. The van der Waals surface area contributed by atoms with E-state index in [-0.39, 0.29) is 24.4 Å². The van der Waals surface area contributed by atoms with Crippen molar-refractivity contribution < 1.29 is 20.0 Å². The van der Waals surface area contributed by atoms with Gasteiger partial charge in [0.25, 0.3) is 11.6 Å². The number of hydrogen-bond donors (Lipinski definition) is 4. The smallest absolute Gasteiger partial charge is 0.295 e. The average molecular weight is 241 g/mol. The highest BCUT2D eigenvalue weighted by molar-refractivity contribution is 5.95. The molecule has 0 radical (unpaired) electrons. The summed E-state index contributed by atoms with van der Waals surface area (Å²) in [7, 11) is 0. The predicted molar refractivity (Wildman–Crippen MR) is 57.9 cm³/mol. The molecule has 8 nitrogen and oxygen atoms in total. The molecule has 1 aromatic carbocycles. The third-order valence-corrected chi connectivity index (χ3v) is 1.97. The molecule has 0 bridgehead atoms. The number of carbonyl (C=O) groups is 1. The maximum Gasteiger partial charge on any atom is 0.295 e. The molecule has 0 aromatic heterocycles. The molecule has 0 saturated carbocycles. The van der Waals surface area contributed by atoms with Crippen molar-refractivity contribution in [2.75, 3.05) is 18.6 Å². The van der Waals surface area contributed by atoms with E-state index in [1.807, 2.05) is 0 Å². The molecule has 0 fully saturated rings. The zero-order valence-electron chi connectivity index (χ0n) is 8.71. The summed E-state index contributed by atoms with van der Waals surface area (Å²) in [5.41, 5.74) is 1.23. The Morgan fingerprint density at radius 1 is 1.47 bits per heavy atom. The highest BCUT2D eigenvalue weighted by Crippen LogP contribution is 2.24. The number of nitrogens with one attached hydrogen (secondary N) is 2. The Balaban J connectivity index is 2.99. The Hall–Kier alpha value is -2.19. The minimum Gasteiger partial charge on any atom is -0.395 e. The van der Waals surface area contributed by atoms with Gasteiger partial charge in [-0.05, 0) is 12.1 Å². The second-order valence-corrected chi connectivity index (χ2v) is 3.08. The molecule has 8 heteroatoms. The Kier molecular flexibility index (Phi) is 4.37. The van der Waals surface area contributed by atoms with Crippen LogP contribution in [0, 0.1) is 10.1 Å². The van der Waals surface area contributed by atoms with Crippen molar-refractivity contribution in [3.8, 4) is 0 Å². The van der Waals surface area contributed by atoms with Crippen LogP contribution in [0.5, 0.6) is 0 Å². The number of nitro benzene ring substituents is 1. The van der Waals surface area contributed by atoms with Crippen LogP contribution in [0.3, 0.4) is 0 Å². The summed E-state index contributed by atoms with van der Waals surface area (Å²) in [6, 6.07) is 3.56. The van der Waals surface area contributed by atoms with Gasteiger partial charge in [0.2, 0.25) is 0 Å². The normalized spacial score (nSPS) is 9.76. The Labute approximate surface area is 96.0 Å². The van der Waals surface area contributed by atoms with Gasteiger partial charge in [-0.15, -0.1) is 0 Å². The molecule has 1 rings (SSSR count). The molecular formula is C9H11N3O5. The lowest BCUT2D eigenvalue weighted by Crippen LogP contribution is -2.26. The van der Waals surface area contributed by atoms with Gasteiger partial charge in [-0.2, -0.15) is 0 Å². The maximum atomic E-state index is 11.5. The molecule has 0 aliphatic heterocycles. The molecule has 1 amide bonds. The number of benzene rings is 1. The van der Waals surface area contributed by atoms with Gasteiger partial charge in [0.1, 0.15) is 5.69 Å². The molecule has 0 aliphatic carbocycles. The molecule has 0 aliphatic rings. The van der Waals surface area contributed by atoms with Crippen molar-refractivity contribution >= 4 is 17.3 Å². The average Bonchev–Trinajstić information content (AvgIpc) is 2.34. The van der Waals surface area contributed by atoms with Crippen molar-refractivity contribution in [2.24, 2.45) is 0 Å². The van der Waals surface area contributed by atoms with Gasteiger partial charge < -0.3 is 10.4 Å². The van der Waals surface area contributed by atoms with E-state index in [9.17, 15) is 14.9 Å². The first-order chi connectivity index (χ1) is 8.10. The van der Waals surface area contributed by atoms with Crippen molar-refractivity contribution in [1.82, 2.24) is 5.32 Å². The maximum absolute atomic E-state index is 11.5. The minimum atomic E-state index is -0.721. The lowest BCUT2D eigenvalue weighted by Gasteiger charge is -2.05. The highest BCUT2D eigenvalue weighted by Gasteiger charge is 2.16. The second-order valence-electron chi connectivity index (χ2n) is 3.08. The first-order valence-corrected chi connectivity index (χ1v) is 4.67. The van der Waals surface area contributed by atoms with Gasteiger partial charge in [-0.25, -0.2) is 0 Å². The number of hydrogen-bond acceptors (Lipinski definition) is 6. The fourth-order valence-electron chi connectivity index (χ4n) is 1.19. The fraction of sp³-hybridized carbons (Fsp3) is 0.222. The Bertz CT molecular complexity index is 435. The first kappa shape index (κ1) is 12.9. The number of aliphatic hydroxyl groups excluding tert-OH is 1. The summed E-state index contributed by atoms with van der Waals surface area (Å²) in [4.78, 5) is 21.4. The monoisotopic (exact) mass is 241 g/mol. The van der Waals surface area contributed by atoms with E-state index in [2.05, 4.69) is 5.32 Å². The number of carbonyl (C=O) groups excluding carboxylic acids is 1. The zero-order chi connectivity index (χ0) is 12.8. The summed E-state index contributed by atoms with van der Waals surface area (Å²) in [6.45, 7) is -0.156. The molecule has 0 atom stereocenters. The highest BCUT2D eigenvalue weighted by atomic mass is 16.6. The Morgan fingerprint density at radius 3 is 2.71 bits per heavy atom. The number of nitrogens with zero attached hydrogens (tertiary/aromatic N) is 1. The van der Waals surface area contributed by atoms with Gasteiger partial charge in [-0.1, -0.05) is 0 Å². The summed E-state index contributed by atoms with van der Waals surface area (Å²) in [6.07, 6.45) is 0. The fourth-order valence-corrected chi connectivity index (χ4v) is 1.19. The molecule has 0 unspecified atom stereocenters. The van der Waals surface area contributed by atoms with Gasteiger partial charge in [0.15, 0.2) is 0 Å². The van der Waals surface area contributed by atoms with E-state index in [1.54, 1.807) is 5.48 Å². The molecule has 92 valence electrons. The second kappa shape index (κ2) is 5.77. The van der Waals surface area contributed by atoms with Crippen LogP contribution in [0.4, 0.5) is 11.4 Å². The SMILES string of the molecule is O=C(NCCO)c1ccc(NO)c([N+](=O)[O-])c1. The quantitative estimate of drug-likeness (QED) is 0.428. The van der Waals surface area contributed by atoms with E-state index in [1.165, 1.54) is 12.1 Å². The molecule has 0 spiro atoms. The number of amides is 1. The van der Waals surface area contributed by atoms with Crippen LogP contribution in [0.1, 0.15) is 10.4 Å². The van der Waals surface area contributed by atoms with E-state index < -0.39 is 16.5 Å². The largest absolute Gasteiger partial charge is 0.395 e. The van der Waals surface area contributed by atoms with Crippen LogP contribution < -0.4 is 10.8 Å². The van der Waals surface area contributed by atoms with Crippen LogP contribution in [0.2, 0.25) is 0 Å². The van der Waals surface area contributed by atoms with Crippen LogP contribution in [-0.2, 0) is 0 Å². The molecule has 17 heavy (non-hydrogen) atoms. The van der Waals surface area contributed by atoms with Crippen molar-refractivity contribution in [3.63, 3.8) is 0 Å². The lowest BCUT2D eigenvalue weighted by molar-refractivity contribution is -0.384. The number of aliphatic hydroxyl groups is 1. The van der Waals surface area contributed by atoms with E-state index >= 15 is 0 Å². The first-order valence-electron chi connectivity index (χ1n) is 4.67. The lowest BCUT2D eigenvalue weighted by atomic mass is 10.1. The Morgan fingerprint density at radius 2 is 2.18 bits per heavy atom. The van der Waals surface area contributed by atoms with Crippen molar-refractivity contribution in [2.45, 2.75) is 0 Å². The van der Waals surface area contributed by atoms with Crippen LogP contribution in [-0.4, -0.2) is 34.3 Å². The predicted octanol–water partition coefficient (Wildman–Crippen LogP) is 0.118. The number of rotatable bonds is 5. The zero-order valence-corrected chi connectivity index (χ0v) is 8.71. The van der Waals surface area contributed by atoms with Gasteiger partial charge >= 0.3 is 0 Å². The van der Waals surface area contributed by atoms with Crippen LogP contribution in [0.15, 0.2) is 18.2 Å². The van der Waals surface area contributed by atoms with Crippen molar-refractivity contribution in [3.05, 3.63) is 33.9 Å². The molecule has 0 saturated heterocycles. The summed E-state index contributed by atoms with van der Waals surface area (Å²) < 4.78 is 0. The molecule has 0 heterocycles. The van der Waals surface area contributed by atoms with E-state index in [0.717, 1.165) is 6.07 Å². The molecule has 1 aromatic rings. The summed E-state index contributed by atoms with van der Waals surface area (Å²) in [5.74, 6) is -0.536. The summed E-state index contributed by atoms with van der Waals surface area (Å²) in [5, 5.41) is 30.2. The number of anilines is 1. The number of nitro groups is 1. The van der Waals surface area contributed by atoms with Crippen molar-refractivity contribution in [1.29, 1.82) is 0 Å². The van der Waals surface area contributed by atoms with E-state index in [0.29, 0.717) is 0 Å². The molecule has 4 N–H and O–H groups in total. The van der Waals surface area contributed by atoms with Gasteiger partial charge in [0.05, 0.1) is 11.5 Å². The molecular weight excluding hydrogens is 230 g/mol. The third-order valence-electron chi connectivity index (χ3n) is 1.97. The van der Waals surface area contributed by atoms with Gasteiger partial charge in [0, 0.05) is 18.2 Å². The van der Waals surface area contributed by atoms with Crippen LogP contribution >= 0.6 is 0 Å². The van der Waals surface area contributed by atoms with Gasteiger partial charge in [-0.3, -0.25) is 25.6 Å². The standard InChI is InChI=1S/C9H11N3O5/c13-4-3-10-9(14)6-1-2-7(11-15)8(5-6)12(16)17/h1-2,5,11,13,15H,3-4H2,(H,10,14). The third kappa shape index (κ3) is 3.13. The van der Waals surface area contributed by atoms with Crippen LogP contribution in [0.25, 0.3) is 0 Å². The topological polar surface area (TPSA) is 125 Å². The minimum absolute atomic E-state index is 0.0621. The van der Waals surface area contributed by atoms with E-state index in [4.69, 9.17) is 10.3 Å².